The summed E-state index contributed by atoms with van der Waals surface area (Å²) in [5.41, 5.74) is 0.436. The van der Waals surface area contributed by atoms with Gasteiger partial charge in [-0.15, -0.1) is 0 Å². The van der Waals surface area contributed by atoms with Gasteiger partial charge in [-0.1, -0.05) is 25.6 Å². The van der Waals surface area contributed by atoms with Crippen LogP contribution in [0.25, 0.3) is 0 Å². The van der Waals surface area contributed by atoms with Gasteiger partial charge >= 0.3 is 0 Å². The molecule has 1 saturated heterocycles. The number of hydrogen-bond donors (Lipinski definition) is 1. The lowest BCUT2D eigenvalue weighted by Crippen LogP contribution is -2.51. The van der Waals surface area contributed by atoms with E-state index in [9.17, 15) is 0 Å². The molecule has 0 bridgehead atoms. The second-order valence-corrected chi connectivity index (χ2v) is 6.88. The van der Waals surface area contributed by atoms with Crippen molar-refractivity contribution in [3.8, 4) is 0 Å². The Hall–Kier alpha value is -0.220. The number of nitrogens with zero attached hydrogens (tertiary/aromatic N) is 1. The van der Waals surface area contributed by atoms with E-state index < -0.39 is 0 Å². The number of amidine groups is 1. The van der Waals surface area contributed by atoms with Crippen LogP contribution in [0.2, 0.25) is 0 Å². The first-order valence-electron chi connectivity index (χ1n) is 6.02. The molecule has 2 rings (SSSR count). The van der Waals surface area contributed by atoms with E-state index in [-0.39, 0.29) is 5.54 Å². The maximum atomic E-state index is 5.54. The van der Waals surface area contributed by atoms with E-state index in [1.54, 1.807) is 0 Å². The molecular formula is C12H22N2OS. The quantitative estimate of drug-likeness (QED) is 0.766. The second-order valence-electron chi connectivity index (χ2n) is 5.92. The van der Waals surface area contributed by atoms with Crippen LogP contribution in [0.5, 0.6) is 0 Å². The van der Waals surface area contributed by atoms with Crippen molar-refractivity contribution in [1.82, 2.24) is 5.32 Å². The van der Waals surface area contributed by atoms with Crippen LogP contribution in [-0.4, -0.2) is 36.2 Å². The van der Waals surface area contributed by atoms with Crippen molar-refractivity contribution >= 4 is 16.9 Å². The molecular weight excluding hydrogens is 220 g/mol. The number of hydrogen-bond acceptors (Lipinski definition) is 4. The van der Waals surface area contributed by atoms with Gasteiger partial charge in [0.05, 0.1) is 12.1 Å². The van der Waals surface area contributed by atoms with Crippen LogP contribution in [0.3, 0.4) is 0 Å². The summed E-state index contributed by atoms with van der Waals surface area (Å²) >= 11 is 1.85. The van der Waals surface area contributed by atoms with Crippen molar-refractivity contribution in [3.05, 3.63) is 0 Å². The van der Waals surface area contributed by atoms with Crippen LogP contribution in [0.4, 0.5) is 0 Å². The normalized spacial score (nSPS) is 34.3. The molecule has 2 aliphatic rings. The third-order valence-corrected chi connectivity index (χ3v) is 4.53. The van der Waals surface area contributed by atoms with E-state index in [0.29, 0.717) is 5.41 Å². The highest BCUT2D eigenvalue weighted by Gasteiger charge is 2.31. The molecule has 92 valence electrons. The zero-order valence-electron chi connectivity index (χ0n) is 10.5. The predicted molar refractivity (Wildman–Crippen MR) is 70.1 cm³/mol. The molecule has 1 atom stereocenters. The van der Waals surface area contributed by atoms with E-state index in [1.165, 1.54) is 6.42 Å². The zero-order chi connectivity index (χ0) is 11.6. The topological polar surface area (TPSA) is 33.6 Å². The first-order valence-corrected chi connectivity index (χ1v) is 7.01. The van der Waals surface area contributed by atoms with E-state index in [4.69, 9.17) is 4.74 Å². The lowest BCUT2D eigenvalue weighted by Gasteiger charge is -2.37. The fourth-order valence-corrected chi connectivity index (χ4v) is 3.10. The number of rotatable bonds is 1. The van der Waals surface area contributed by atoms with E-state index in [0.717, 1.165) is 37.1 Å². The smallest absolute Gasteiger partial charge is 0.157 e. The lowest BCUT2D eigenvalue weighted by molar-refractivity contribution is 0.0374. The van der Waals surface area contributed by atoms with Gasteiger partial charge < -0.3 is 10.1 Å². The van der Waals surface area contributed by atoms with Crippen LogP contribution in [0, 0.1) is 5.41 Å². The first-order chi connectivity index (χ1) is 7.49. The summed E-state index contributed by atoms with van der Waals surface area (Å²) in [6, 6.07) is 0. The van der Waals surface area contributed by atoms with Crippen LogP contribution in [0.1, 0.15) is 33.6 Å². The highest BCUT2D eigenvalue weighted by molar-refractivity contribution is 8.13. The summed E-state index contributed by atoms with van der Waals surface area (Å²) in [7, 11) is 0. The Morgan fingerprint density at radius 2 is 2.19 bits per heavy atom. The maximum absolute atomic E-state index is 5.54. The maximum Gasteiger partial charge on any atom is 0.157 e. The highest BCUT2D eigenvalue weighted by atomic mass is 32.2. The largest absolute Gasteiger partial charge is 0.379 e. The SMILES string of the molecule is CC1(C)CN=C(NC2(C)CCCOC2)SC1. The fraction of sp³-hybridized carbons (Fsp3) is 0.917. The number of ether oxygens (including phenoxy) is 1. The van der Waals surface area contributed by atoms with Crippen LogP contribution in [0.15, 0.2) is 4.99 Å². The third-order valence-electron chi connectivity index (χ3n) is 3.10. The second kappa shape index (κ2) is 4.57. The Bertz CT molecular complexity index is 283. The van der Waals surface area contributed by atoms with Crippen molar-refractivity contribution in [2.24, 2.45) is 10.4 Å². The molecule has 2 heterocycles. The molecule has 0 aromatic heterocycles. The zero-order valence-corrected chi connectivity index (χ0v) is 11.3. The molecule has 0 saturated carbocycles. The van der Waals surface area contributed by atoms with E-state index in [2.05, 4.69) is 31.1 Å². The van der Waals surface area contributed by atoms with Crippen LogP contribution < -0.4 is 5.32 Å². The molecule has 0 amide bonds. The Morgan fingerprint density at radius 1 is 1.38 bits per heavy atom. The highest BCUT2D eigenvalue weighted by Crippen LogP contribution is 2.28. The lowest BCUT2D eigenvalue weighted by atomic mass is 9.95. The minimum absolute atomic E-state index is 0.0889. The number of aliphatic imine (C=N–C) groups is 1. The Balaban J connectivity index is 1.92. The minimum Gasteiger partial charge on any atom is -0.379 e. The van der Waals surface area contributed by atoms with E-state index >= 15 is 0 Å². The van der Waals surface area contributed by atoms with Gasteiger partial charge in [-0.05, 0) is 25.2 Å². The fourth-order valence-electron chi connectivity index (χ4n) is 2.01. The summed E-state index contributed by atoms with van der Waals surface area (Å²) in [6.07, 6.45) is 2.32. The molecule has 1 N–H and O–H groups in total. The molecule has 4 heteroatoms. The van der Waals surface area contributed by atoms with E-state index in [1.807, 2.05) is 11.8 Å². The van der Waals surface area contributed by atoms with Gasteiger partial charge in [0.2, 0.25) is 0 Å². The number of thioether (sulfide) groups is 1. The third kappa shape index (κ3) is 3.14. The van der Waals surface area contributed by atoms with Gasteiger partial charge in [0.15, 0.2) is 5.17 Å². The summed E-state index contributed by atoms with van der Waals surface area (Å²) in [4.78, 5) is 4.63. The molecule has 0 spiro atoms. The van der Waals surface area contributed by atoms with Crippen LogP contribution >= 0.6 is 11.8 Å². The van der Waals surface area contributed by atoms with Gasteiger partial charge in [0, 0.05) is 18.9 Å². The van der Waals surface area contributed by atoms with Crippen molar-refractivity contribution in [1.29, 1.82) is 0 Å². The molecule has 1 unspecified atom stereocenters. The minimum atomic E-state index is 0.0889. The average molecular weight is 242 g/mol. The van der Waals surface area contributed by atoms with Crippen molar-refractivity contribution in [2.45, 2.75) is 39.2 Å². The molecule has 1 fully saturated rings. The van der Waals surface area contributed by atoms with Gasteiger partial charge in [-0.2, -0.15) is 0 Å². The molecule has 0 aromatic rings. The molecule has 2 aliphatic heterocycles. The van der Waals surface area contributed by atoms with Crippen molar-refractivity contribution in [3.63, 3.8) is 0 Å². The summed E-state index contributed by atoms with van der Waals surface area (Å²) in [5.74, 6) is 1.15. The van der Waals surface area contributed by atoms with Crippen LogP contribution in [-0.2, 0) is 4.74 Å². The molecule has 16 heavy (non-hydrogen) atoms. The molecule has 0 aromatic carbocycles. The molecule has 0 radical (unpaired) electrons. The first kappa shape index (κ1) is 12.2. The van der Waals surface area contributed by atoms with Gasteiger partial charge in [0.25, 0.3) is 0 Å². The molecule has 3 nitrogen and oxygen atoms in total. The average Bonchev–Trinajstić information content (AvgIpc) is 2.22. The predicted octanol–water partition coefficient (Wildman–Crippen LogP) is 2.27. The van der Waals surface area contributed by atoms with Gasteiger partial charge in [0.1, 0.15) is 0 Å². The number of nitrogens with one attached hydrogen (secondary N) is 1. The Kier molecular flexibility index (Phi) is 3.50. The summed E-state index contributed by atoms with van der Waals surface area (Å²) < 4.78 is 5.54. The van der Waals surface area contributed by atoms with Gasteiger partial charge in [-0.25, -0.2) is 0 Å². The standard InChI is InChI=1S/C12H22N2OS/c1-11(2)7-13-10(16-9-11)14-12(3)5-4-6-15-8-12/h4-9H2,1-3H3,(H,13,14). The van der Waals surface area contributed by atoms with Crippen molar-refractivity contribution in [2.75, 3.05) is 25.5 Å². The van der Waals surface area contributed by atoms with Crippen molar-refractivity contribution < 1.29 is 4.74 Å². The monoisotopic (exact) mass is 242 g/mol. The Labute approximate surface area is 102 Å². The summed E-state index contributed by atoms with van der Waals surface area (Å²) in [6.45, 7) is 9.41. The molecule has 0 aliphatic carbocycles. The van der Waals surface area contributed by atoms with Gasteiger partial charge in [-0.3, -0.25) is 4.99 Å². The Morgan fingerprint density at radius 3 is 2.75 bits per heavy atom. The summed E-state index contributed by atoms with van der Waals surface area (Å²) in [5, 5.41) is 4.66.